The highest BCUT2D eigenvalue weighted by molar-refractivity contribution is 6.30. The highest BCUT2D eigenvalue weighted by atomic mass is 35.5. The van der Waals surface area contributed by atoms with Crippen molar-refractivity contribution in [2.24, 2.45) is 0 Å². The van der Waals surface area contributed by atoms with Crippen molar-refractivity contribution >= 4 is 11.6 Å². The van der Waals surface area contributed by atoms with Gasteiger partial charge in [-0.25, -0.2) is 0 Å². The van der Waals surface area contributed by atoms with Gasteiger partial charge in [0.1, 0.15) is 0 Å². The first-order valence-corrected chi connectivity index (χ1v) is 5.59. The van der Waals surface area contributed by atoms with Crippen molar-refractivity contribution in [1.29, 1.82) is 0 Å². The number of hydrogen-bond acceptors (Lipinski definition) is 2. The Morgan fingerprint density at radius 3 is 2.29 bits per heavy atom. The number of benzene rings is 1. The molecule has 0 spiro atoms. The van der Waals surface area contributed by atoms with E-state index in [1.807, 2.05) is 6.92 Å². The first kappa shape index (κ1) is 11.7. The quantitative estimate of drug-likeness (QED) is 0.761. The Bertz CT molecular complexity index is 641. The van der Waals surface area contributed by atoms with Crippen LogP contribution in [-0.4, -0.2) is 9.13 Å². The summed E-state index contributed by atoms with van der Waals surface area (Å²) in [5, 5.41) is 0.587. The topological polar surface area (TPSA) is 44.0 Å². The molecule has 1 aromatic carbocycles. The molecule has 0 bridgehead atoms. The van der Waals surface area contributed by atoms with Gasteiger partial charge in [0.25, 0.3) is 0 Å². The van der Waals surface area contributed by atoms with Crippen LogP contribution in [0.4, 0.5) is 0 Å². The van der Waals surface area contributed by atoms with Crippen molar-refractivity contribution in [3.63, 3.8) is 0 Å². The number of halogens is 1. The van der Waals surface area contributed by atoms with Crippen LogP contribution in [0.15, 0.2) is 46.2 Å². The average molecular weight is 251 g/mol. The smallest absolute Gasteiger partial charge is 0.310 e. The van der Waals surface area contributed by atoms with Crippen LogP contribution in [0.25, 0.3) is 5.69 Å². The predicted octanol–water partition coefficient (Wildman–Crippen LogP) is 1.67. The molecule has 0 aliphatic heterocycles. The molecule has 0 saturated heterocycles. The van der Waals surface area contributed by atoms with E-state index < -0.39 is 11.1 Å². The minimum Gasteiger partial charge on any atom is -0.310 e. The highest BCUT2D eigenvalue weighted by Gasteiger charge is 2.05. The van der Waals surface area contributed by atoms with E-state index in [4.69, 9.17) is 11.6 Å². The summed E-state index contributed by atoms with van der Waals surface area (Å²) in [7, 11) is 0. The zero-order valence-electron chi connectivity index (χ0n) is 9.26. The lowest BCUT2D eigenvalue weighted by Crippen LogP contribution is -2.39. The molecule has 17 heavy (non-hydrogen) atoms. The molecule has 88 valence electrons. The van der Waals surface area contributed by atoms with Gasteiger partial charge in [-0.2, -0.15) is 0 Å². The van der Waals surface area contributed by atoms with E-state index in [9.17, 15) is 9.59 Å². The molecule has 0 saturated carbocycles. The van der Waals surface area contributed by atoms with E-state index in [0.29, 0.717) is 17.3 Å². The maximum absolute atomic E-state index is 11.8. The van der Waals surface area contributed by atoms with Crippen molar-refractivity contribution in [3.05, 3.63) is 62.4 Å². The standard InChI is InChI=1S/C12H11ClN2O2/c1-2-14-7-8-15(12(17)11(14)16)10-5-3-9(13)4-6-10/h3-8H,2H2,1H3. The van der Waals surface area contributed by atoms with Gasteiger partial charge in [0, 0.05) is 29.6 Å². The zero-order valence-corrected chi connectivity index (χ0v) is 10.0. The summed E-state index contributed by atoms with van der Waals surface area (Å²) < 4.78 is 2.68. The summed E-state index contributed by atoms with van der Waals surface area (Å²) in [6.45, 7) is 2.29. The summed E-state index contributed by atoms with van der Waals surface area (Å²) in [4.78, 5) is 23.5. The zero-order chi connectivity index (χ0) is 12.4. The number of hydrogen-bond donors (Lipinski definition) is 0. The Hall–Kier alpha value is -1.81. The van der Waals surface area contributed by atoms with E-state index >= 15 is 0 Å². The van der Waals surface area contributed by atoms with Gasteiger partial charge in [-0.3, -0.25) is 14.2 Å². The lowest BCUT2D eigenvalue weighted by molar-refractivity contribution is 0.693. The van der Waals surface area contributed by atoms with Gasteiger partial charge in [-0.15, -0.1) is 0 Å². The molecule has 0 radical (unpaired) electrons. The van der Waals surface area contributed by atoms with E-state index in [1.54, 1.807) is 36.7 Å². The normalized spacial score (nSPS) is 10.5. The van der Waals surface area contributed by atoms with Crippen LogP contribution in [0.1, 0.15) is 6.92 Å². The lowest BCUT2D eigenvalue weighted by Gasteiger charge is -2.07. The Morgan fingerprint density at radius 1 is 1.06 bits per heavy atom. The molecular formula is C12H11ClN2O2. The van der Waals surface area contributed by atoms with Crippen LogP contribution in [0.2, 0.25) is 5.02 Å². The molecule has 1 heterocycles. The maximum Gasteiger partial charge on any atom is 0.320 e. The molecule has 0 unspecified atom stereocenters. The van der Waals surface area contributed by atoms with Gasteiger partial charge in [0.15, 0.2) is 0 Å². The number of aromatic nitrogens is 2. The van der Waals surface area contributed by atoms with E-state index in [0.717, 1.165) is 0 Å². The van der Waals surface area contributed by atoms with Crippen molar-refractivity contribution in [3.8, 4) is 5.69 Å². The second-order valence-corrected chi connectivity index (χ2v) is 3.98. The van der Waals surface area contributed by atoms with Crippen molar-refractivity contribution in [2.45, 2.75) is 13.5 Å². The third kappa shape index (κ3) is 2.17. The van der Waals surface area contributed by atoms with Crippen molar-refractivity contribution in [2.75, 3.05) is 0 Å². The van der Waals surface area contributed by atoms with Gasteiger partial charge < -0.3 is 4.57 Å². The number of rotatable bonds is 2. The molecule has 0 atom stereocenters. The largest absolute Gasteiger partial charge is 0.320 e. The van der Waals surface area contributed by atoms with Gasteiger partial charge in [-0.05, 0) is 31.2 Å². The van der Waals surface area contributed by atoms with Gasteiger partial charge in [-0.1, -0.05) is 11.6 Å². The molecule has 1 aromatic heterocycles. The van der Waals surface area contributed by atoms with E-state index in [1.165, 1.54) is 9.13 Å². The van der Waals surface area contributed by atoms with Gasteiger partial charge in [0.2, 0.25) is 0 Å². The van der Waals surface area contributed by atoms with Crippen LogP contribution in [0.5, 0.6) is 0 Å². The third-order valence-electron chi connectivity index (χ3n) is 2.50. The second kappa shape index (κ2) is 4.59. The van der Waals surface area contributed by atoms with E-state index in [2.05, 4.69) is 0 Å². The molecular weight excluding hydrogens is 240 g/mol. The summed E-state index contributed by atoms with van der Waals surface area (Å²) in [6.07, 6.45) is 3.18. The fourth-order valence-electron chi connectivity index (χ4n) is 1.56. The molecule has 0 N–H and O–H groups in total. The van der Waals surface area contributed by atoms with E-state index in [-0.39, 0.29) is 0 Å². The van der Waals surface area contributed by atoms with Crippen LogP contribution in [0.3, 0.4) is 0 Å². The summed E-state index contributed by atoms with van der Waals surface area (Å²) in [6, 6.07) is 6.74. The average Bonchev–Trinajstić information content (AvgIpc) is 2.34. The van der Waals surface area contributed by atoms with Gasteiger partial charge >= 0.3 is 11.1 Å². The first-order valence-electron chi connectivity index (χ1n) is 5.21. The molecule has 0 aliphatic rings. The SMILES string of the molecule is CCn1ccn(-c2ccc(Cl)cc2)c(=O)c1=O. The molecule has 2 rings (SSSR count). The third-order valence-corrected chi connectivity index (χ3v) is 2.76. The molecule has 5 heteroatoms. The Balaban J connectivity index is 2.62. The summed E-state index contributed by atoms with van der Waals surface area (Å²) in [5.74, 6) is 0. The Labute approximate surface area is 103 Å². The first-order chi connectivity index (χ1) is 8.13. The molecule has 4 nitrogen and oxygen atoms in total. The number of aryl methyl sites for hydroxylation is 1. The predicted molar refractivity (Wildman–Crippen MR) is 67.0 cm³/mol. The van der Waals surface area contributed by atoms with Crippen molar-refractivity contribution < 1.29 is 0 Å². The molecule has 0 amide bonds. The van der Waals surface area contributed by atoms with Crippen LogP contribution < -0.4 is 11.1 Å². The lowest BCUT2D eigenvalue weighted by atomic mass is 10.3. The summed E-state index contributed by atoms with van der Waals surface area (Å²) >= 11 is 5.76. The minimum absolute atomic E-state index is 0.482. The molecule has 0 fully saturated rings. The monoisotopic (exact) mass is 250 g/mol. The minimum atomic E-state index is -0.559. The van der Waals surface area contributed by atoms with Crippen molar-refractivity contribution in [1.82, 2.24) is 9.13 Å². The molecule has 2 aromatic rings. The van der Waals surface area contributed by atoms with Crippen LogP contribution >= 0.6 is 11.6 Å². The Morgan fingerprint density at radius 2 is 1.71 bits per heavy atom. The second-order valence-electron chi connectivity index (χ2n) is 3.54. The fourth-order valence-corrected chi connectivity index (χ4v) is 1.69. The van der Waals surface area contributed by atoms with Crippen LogP contribution in [0, 0.1) is 0 Å². The fraction of sp³-hybridized carbons (Fsp3) is 0.167. The highest BCUT2D eigenvalue weighted by Crippen LogP contribution is 2.11. The summed E-state index contributed by atoms with van der Waals surface area (Å²) in [5.41, 5.74) is -0.457. The molecule has 0 aliphatic carbocycles. The maximum atomic E-state index is 11.8. The number of nitrogens with zero attached hydrogens (tertiary/aromatic N) is 2. The van der Waals surface area contributed by atoms with Gasteiger partial charge in [0.05, 0.1) is 0 Å². The Kier molecular flexibility index (Phi) is 3.15. The van der Waals surface area contributed by atoms with Crippen LogP contribution in [-0.2, 0) is 6.54 Å².